The van der Waals surface area contributed by atoms with Crippen LogP contribution in [0, 0.1) is 0 Å². The molecule has 0 aliphatic heterocycles. The number of ether oxygens (including phenoxy) is 2. The quantitative estimate of drug-likeness (QED) is 0.306. The van der Waals surface area contributed by atoms with Gasteiger partial charge in [0.15, 0.2) is 5.16 Å². The van der Waals surface area contributed by atoms with E-state index in [1.54, 1.807) is 80.5 Å². The third-order valence-corrected chi connectivity index (χ3v) is 5.92. The van der Waals surface area contributed by atoms with Crippen LogP contribution in [0.25, 0.3) is 0 Å². The number of carbonyl (C=O) groups is 3. The zero-order chi connectivity index (χ0) is 25.2. The Bertz CT molecular complexity index is 1180. The molecule has 0 spiro atoms. The summed E-state index contributed by atoms with van der Waals surface area (Å²) < 4.78 is 12.1. The van der Waals surface area contributed by atoms with Crippen LogP contribution < -0.4 is 15.4 Å². The summed E-state index contributed by atoms with van der Waals surface area (Å²) in [5, 5.41) is 14.0. The zero-order valence-electron chi connectivity index (χ0n) is 19.7. The Balaban J connectivity index is 1.68. The normalized spacial score (nSPS) is 11.4. The van der Waals surface area contributed by atoms with Crippen LogP contribution >= 0.6 is 11.8 Å². The van der Waals surface area contributed by atoms with E-state index < -0.39 is 17.9 Å². The fourth-order valence-electron chi connectivity index (χ4n) is 3.21. The van der Waals surface area contributed by atoms with Crippen molar-refractivity contribution in [2.75, 3.05) is 24.8 Å². The van der Waals surface area contributed by atoms with Crippen molar-refractivity contribution >= 4 is 35.2 Å². The van der Waals surface area contributed by atoms with Crippen LogP contribution in [0.1, 0.15) is 35.3 Å². The lowest BCUT2D eigenvalue weighted by Crippen LogP contribution is -2.30. The van der Waals surface area contributed by atoms with Gasteiger partial charge in [-0.25, -0.2) is 0 Å². The molecule has 1 atom stereocenters. The Hall–Kier alpha value is -3.86. The molecule has 0 radical (unpaired) electrons. The molecule has 0 aliphatic carbocycles. The van der Waals surface area contributed by atoms with Gasteiger partial charge in [0.1, 0.15) is 12.1 Å². The SMILES string of the molecule is CCOC(=O)CC(NC(=O)c1cccc(NC(=O)CSc2nncn2C)c1)c1cccc(OC)c1. The smallest absolute Gasteiger partial charge is 0.308 e. The van der Waals surface area contributed by atoms with Crippen molar-refractivity contribution in [1.29, 1.82) is 0 Å². The molecule has 0 fully saturated rings. The van der Waals surface area contributed by atoms with E-state index in [4.69, 9.17) is 9.47 Å². The second-order valence-corrected chi connectivity index (χ2v) is 8.40. The first-order chi connectivity index (χ1) is 16.9. The highest BCUT2D eigenvalue weighted by atomic mass is 32.2. The molecular formula is C24H27N5O5S. The number of amides is 2. The first-order valence-corrected chi connectivity index (χ1v) is 11.8. The second kappa shape index (κ2) is 12.6. The van der Waals surface area contributed by atoms with Crippen molar-refractivity contribution in [3.05, 3.63) is 66.0 Å². The molecule has 10 nitrogen and oxygen atoms in total. The summed E-state index contributed by atoms with van der Waals surface area (Å²) in [6.07, 6.45) is 1.52. The highest BCUT2D eigenvalue weighted by Crippen LogP contribution is 2.23. The standard InChI is InChI=1S/C24H27N5O5S/c1-4-34-22(31)13-20(16-7-6-10-19(12-16)33-3)27-23(32)17-8-5-9-18(11-17)26-21(30)14-35-24-28-25-15-29(24)2/h5-12,15,20H,4,13-14H2,1-3H3,(H,26,30)(H,27,32). The lowest BCUT2D eigenvalue weighted by molar-refractivity contribution is -0.143. The van der Waals surface area contributed by atoms with Gasteiger partial charge in [-0.1, -0.05) is 30.0 Å². The maximum Gasteiger partial charge on any atom is 0.308 e. The minimum absolute atomic E-state index is 0.0392. The maximum absolute atomic E-state index is 13.0. The molecule has 184 valence electrons. The average molecular weight is 498 g/mol. The lowest BCUT2D eigenvalue weighted by atomic mass is 10.0. The lowest BCUT2D eigenvalue weighted by Gasteiger charge is -2.19. The van der Waals surface area contributed by atoms with Gasteiger partial charge in [-0.05, 0) is 42.8 Å². The van der Waals surface area contributed by atoms with E-state index >= 15 is 0 Å². The monoisotopic (exact) mass is 497 g/mol. The Morgan fingerprint density at radius 1 is 1.14 bits per heavy atom. The van der Waals surface area contributed by atoms with Crippen LogP contribution in [-0.2, 0) is 21.4 Å². The van der Waals surface area contributed by atoms with Gasteiger partial charge in [0, 0.05) is 18.3 Å². The second-order valence-electron chi connectivity index (χ2n) is 7.45. The van der Waals surface area contributed by atoms with Gasteiger partial charge in [0.25, 0.3) is 5.91 Å². The fourth-order valence-corrected chi connectivity index (χ4v) is 3.90. The molecule has 35 heavy (non-hydrogen) atoms. The van der Waals surface area contributed by atoms with Crippen LogP contribution in [0.2, 0.25) is 0 Å². The summed E-state index contributed by atoms with van der Waals surface area (Å²) in [5.41, 5.74) is 1.51. The van der Waals surface area contributed by atoms with Crippen LogP contribution in [0.5, 0.6) is 5.75 Å². The molecule has 2 amide bonds. The van der Waals surface area contributed by atoms with Crippen LogP contribution in [-0.4, -0.2) is 52.0 Å². The van der Waals surface area contributed by atoms with E-state index in [2.05, 4.69) is 20.8 Å². The number of thioether (sulfide) groups is 1. The number of methoxy groups -OCH3 is 1. The largest absolute Gasteiger partial charge is 0.497 e. The summed E-state index contributed by atoms with van der Waals surface area (Å²) in [6, 6.07) is 13.1. The molecule has 0 saturated carbocycles. The minimum atomic E-state index is -0.627. The summed E-state index contributed by atoms with van der Waals surface area (Å²) >= 11 is 1.25. The molecule has 1 unspecified atom stereocenters. The number of anilines is 1. The van der Waals surface area contributed by atoms with E-state index in [0.29, 0.717) is 27.7 Å². The van der Waals surface area contributed by atoms with E-state index in [1.165, 1.54) is 11.8 Å². The number of aromatic nitrogens is 3. The molecule has 2 N–H and O–H groups in total. The Morgan fingerprint density at radius 3 is 2.66 bits per heavy atom. The predicted molar refractivity (Wildman–Crippen MR) is 131 cm³/mol. The van der Waals surface area contributed by atoms with Crippen molar-refractivity contribution in [3.63, 3.8) is 0 Å². The van der Waals surface area contributed by atoms with Crippen molar-refractivity contribution in [3.8, 4) is 5.75 Å². The van der Waals surface area contributed by atoms with Gasteiger partial charge < -0.3 is 24.7 Å². The number of nitrogens with one attached hydrogen (secondary N) is 2. The molecule has 3 rings (SSSR count). The van der Waals surface area contributed by atoms with E-state index in [-0.39, 0.29) is 24.7 Å². The molecule has 1 heterocycles. The molecule has 2 aromatic carbocycles. The van der Waals surface area contributed by atoms with Gasteiger partial charge >= 0.3 is 5.97 Å². The Morgan fingerprint density at radius 2 is 1.94 bits per heavy atom. The maximum atomic E-state index is 13.0. The molecule has 1 aromatic heterocycles. The summed E-state index contributed by atoms with van der Waals surface area (Å²) in [6.45, 7) is 1.97. The number of esters is 1. The Labute approximate surface area is 207 Å². The fraction of sp³-hybridized carbons (Fsp3) is 0.292. The summed E-state index contributed by atoms with van der Waals surface area (Å²) in [7, 11) is 3.34. The number of nitrogens with zero attached hydrogens (tertiary/aromatic N) is 3. The molecule has 0 bridgehead atoms. The van der Waals surface area contributed by atoms with Crippen LogP contribution in [0.3, 0.4) is 0 Å². The van der Waals surface area contributed by atoms with Crippen molar-refractivity contribution < 1.29 is 23.9 Å². The number of rotatable bonds is 11. The van der Waals surface area contributed by atoms with Crippen LogP contribution in [0.4, 0.5) is 5.69 Å². The van der Waals surface area contributed by atoms with Gasteiger partial charge in [-0.3, -0.25) is 14.4 Å². The minimum Gasteiger partial charge on any atom is -0.497 e. The van der Waals surface area contributed by atoms with Crippen molar-refractivity contribution in [2.45, 2.75) is 24.5 Å². The third-order valence-electron chi connectivity index (χ3n) is 4.89. The number of benzene rings is 2. The van der Waals surface area contributed by atoms with Crippen LogP contribution in [0.15, 0.2) is 60.0 Å². The average Bonchev–Trinajstić information content (AvgIpc) is 3.27. The zero-order valence-corrected chi connectivity index (χ0v) is 20.5. The molecular weight excluding hydrogens is 470 g/mol. The van der Waals surface area contributed by atoms with Gasteiger partial charge in [-0.2, -0.15) is 0 Å². The van der Waals surface area contributed by atoms with Gasteiger partial charge in [-0.15, -0.1) is 10.2 Å². The van der Waals surface area contributed by atoms with Crippen molar-refractivity contribution in [1.82, 2.24) is 20.1 Å². The first-order valence-electron chi connectivity index (χ1n) is 10.9. The van der Waals surface area contributed by atoms with E-state index in [0.717, 1.165) is 0 Å². The van der Waals surface area contributed by atoms with Crippen molar-refractivity contribution in [2.24, 2.45) is 7.05 Å². The van der Waals surface area contributed by atoms with E-state index in [1.807, 2.05) is 0 Å². The molecule has 11 heteroatoms. The van der Waals surface area contributed by atoms with Gasteiger partial charge in [0.05, 0.1) is 31.9 Å². The first kappa shape index (κ1) is 25.8. The highest BCUT2D eigenvalue weighted by Gasteiger charge is 2.21. The Kier molecular flexibility index (Phi) is 9.24. The summed E-state index contributed by atoms with van der Waals surface area (Å²) in [5.74, 6) is -0.323. The number of hydrogen-bond acceptors (Lipinski definition) is 8. The number of hydrogen-bond donors (Lipinski definition) is 2. The molecule has 3 aromatic rings. The predicted octanol–water partition coefficient (Wildman–Crippen LogP) is 2.98. The highest BCUT2D eigenvalue weighted by molar-refractivity contribution is 7.99. The molecule has 0 saturated heterocycles. The topological polar surface area (TPSA) is 124 Å². The number of carbonyl (C=O) groups excluding carboxylic acids is 3. The third kappa shape index (κ3) is 7.57. The summed E-state index contributed by atoms with van der Waals surface area (Å²) in [4.78, 5) is 37.6. The number of aryl methyl sites for hydroxylation is 1. The van der Waals surface area contributed by atoms with E-state index in [9.17, 15) is 14.4 Å². The van der Waals surface area contributed by atoms with Gasteiger partial charge in [0.2, 0.25) is 5.91 Å². The molecule has 0 aliphatic rings.